The van der Waals surface area contributed by atoms with Crippen molar-refractivity contribution >= 4 is 11.8 Å². The highest BCUT2D eigenvalue weighted by molar-refractivity contribution is 5.84. The van der Waals surface area contributed by atoms with Crippen molar-refractivity contribution in [1.29, 1.82) is 0 Å². The Labute approximate surface area is 149 Å². The van der Waals surface area contributed by atoms with Crippen LogP contribution in [0.15, 0.2) is 24.3 Å². The molecule has 0 heterocycles. The lowest BCUT2D eigenvalue weighted by molar-refractivity contribution is -0.270. The summed E-state index contributed by atoms with van der Waals surface area (Å²) >= 11 is 0. The molecule has 4 nitrogen and oxygen atoms in total. The van der Waals surface area contributed by atoms with Crippen molar-refractivity contribution in [3.63, 3.8) is 0 Å². The molecule has 1 aromatic carbocycles. The van der Waals surface area contributed by atoms with Crippen molar-refractivity contribution < 1.29 is 53.5 Å². The van der Waals surface area contributed by atoms with Gasteiger partial charge in [-0.15, -0.1) is 0 Å². The van der Waals surface area contributed by atoms with Crippen molar-refractivity contribution in [1.82, 2.24) is 10.6 Å². The van der Waals surface area contributed by atoms with Crippen LogP contribution in [-0.4, -0.2) is 36.0 Å². The summed E-state index contributed by atoms with van der Waals surface area (Å²) in [4.78, 5) is 21.9. The highest BCUT2D eigenvalue weighted by Crippen LogP contribution is 2.36. The first-order chi connectivity index (χ1) is 12.5. The number of carbonyl (C=O) groups is 2. The number of benzene rings is 1. The Balaban J connectivity index is 2.73. The van der Waals surface area contributed by atoms with Crippen LogP contribution in [0, 0.1) is 0 Å². The van der Waals surface area contributed by atoms with Gasteiger partial charge in [-0.2, -0.15) is 43.9 Å². The van der Waals surface area contributed by atoms with Crippen LogP contribution in [0.4, 0.5) is 43.9 Å². The molecule has 1 rings (SSSR count). The second-order valence-corrected chi connectivity index (χ2v) is 5.33. The van der Waals surface area contributed by atoms with Crippen molar-refractivity contribution in [3.05, 3.63) is 35.4 Å². The highest BCUT2D eigenvalue weighted by Gasteiger charge is 2.64. The first kappa shape index (κ1) is 23.5. The predicted molar refractivity (Wildman–Crippen MR) is 72.1 cm³/mol. The average molecular weight is 428 g/mol. The topological polar surface area (TPSA) is 58.2 Å². The SMILES string of the molecule is O=C(NCc1cccc(CNC(=O)C(F)(F)C(F)(F)F)c1)C(F)(F)C(F)(F)F. The largest absolute Gasteiger partial charge is 0.463 e. The molecule has 158 valence electrons. The number of halogens is 10. The fourth-order valence-electron chi connectivity index (χ4n) is 1.69. The maximum atomic E-state index is 12.8. The zero-order chi connectivity index (χ0) is 22.0. The highest BCUT2D eigenvalue weighted by atomic mass is 19.4. The van der Waals surface area contributed by atoms with E-state index in [1.807, 2.05) is 0 Å². The summed E-state index contributed by atoms with van der Waals surface area (Å²) in [5.41, 5.74) is -0.165. The summed E-state index contributed by atoms with van der Waals surface area (Å²) in [5.74, 6) is -16.6. The Hall–Kier alpha value is -2.54. The van der Waals surface area contributed by atoms with Gasteiger partial charge in [-0.3, -0.25) is 9.59 Å². The van der Waals surface area contributed by atoms with Crippen LogP contribution in [0.5, 0.6) is 0 Å². The van der Waals surface area contributed by atoms with Gasteiger partial charge in [0, 0.05) is 13.1 Å². The van der Waals surface area contributed by atoms with Crippen molar-refractivity contribution in [3.8, 4) is 0 Å². The van der Waals surface area contributed by atoms with Crippen molar-refractivity contribution in [2.45, 2.75) is 37.3 Å². The molecule has 28 heavy (non-hydrogen) atoms. The van der Waals surface area contributed by atoms with E-state index in [4.69, 9.17) is 0 Å². The van der Waals surface area contributed by atoms with Gasteiger partial charge < -0.3 is 10.6 Å². The minimum atomic E-state index is -6.12. The number of amides is 2. The molecule has 0 radical (unpaired) electrons. The van der Waals surface area contributed by atoms with E-state index in [2.05, 4.69) is 0 Å². The molecule has 2 amide bonds. The third kappa shape index (κ3) is 5.25. The van der Waals surface area contributed by atoms with E-state index in [0.717, 1.165) is 24.3 Å². The summed E-state index contributed by atoms with van der Waals surface area (Å²) in [6, 6.07) is 4.41. The molecule has 0 unspecified atom stereocenters. The lowest BCUT2D eigenvalue weighted by atomic mass is 10.1. The van der Waals surface area contributed by atoms with Gasteiger partial charge in [-0.05, 0) is 11.1 Å². The minimum absolute atomic E-state index is 0.0827. The first-order valence-corrected chi connectivity index (χ1v) is 7.03. The number of alkyl halides is 10. The Bertz CT molecular complexity index is 670. The number of rotatable bonds is 6. The summed E-state index contributed by atoms with van der Waals surface area (Å²) < 4.78 is 123. The molecule has 0 fully saturated rings. The van der Waals surface area contributed by atoms with Gasteiger partial charge in [-0.25, -0.2) is 0 Å². The van der Waals surface area contributed by atoms with Crippen LogP contribution < -0.4 is 10.6 Å². The van der Waals surface area contributed by atoms with Crippen LogP contribution >= 0.6 is 0 Å². The minimum Gasteiger partial charge on any atom is -0.346 e. The molecule has 0 atom stereocenters. The fraction of sp³-hybridized carbons (Fsp3) is 0.429. The fourth-order valence-corrected chi connectivity index (χ4v) is 1.69. The van der Waals surface area contributed by atoms with Crippen LogP contribution in [0.3, 0.4) is 0 Å². The molecule has 2 N–H and O–H groups in total. The molecular formula is C14H10F10N2O2. The molecule has 0 aliphatic carbocycles. The van der Waals surface area contributed by atoms with E-state index < -0.39 is 49.1 Å². The van der Waals surface area contributed by atoms with E-state index in [9.17, 15) is 53.5 Å². The van der Waals surface area contributed by atoms with Crippen LogP contribution in [-0.2, 0) is 22.7 Å². The van der Waals surface area contributed by atoms with E-state index in [1.165, 1.54) is 10.6 Å². The van der Waals surface area contributed by atoms with Gasteiger partial charge in [0.25, 0.3) is 0 Å². The Morgan fingerprint density at radius 2 is 1.00 bits per heavy atom. The summed E-state index contributed by atoms with van der Waals surface area (Å²) in [6.45, 7) is -1.66. The molecule has 0 saturated carbocycles. The third-order valence-corrected chi connectivity index (χ3v) is 3.18. The van der Waals surface area contributed by atoms with Gasteiger partial charge in [0.05, 0.1) is 0 Å². The maximum Gasteiger partial charge on any atom is 0.463 e. The van der Waals surface area contributed by atoms with Gasteiger partial charge in [0.2, 0.25) is 0 Å². The zero-order valence-corrected chi connectivity index (χ0v) is 13.3. The average Bonchev–Trinajstić information content (AvgIpc) is 2.55. The Kier molecular flexibility index (Phi) is 6.57. The number of carbonyl (C=O) groups excluding carboxylic acids is 2. The number of nitrogens with one attached hydrogen (secondary N) is 2. The molecule has 0 spiro atoms. The zero-order valence-electron chi connectivity index (χ0n) is 13.3. The molecule has 0 bridgehead atoms. The first-order valence-electron chi connectivity index (χ1n) is 7.03. The molecular weight excluding hydrogens is 418 g/mol. The summed E-state index contributed by atoms with van der Waals surface area (Å²) in [7, 11) is 0. The van der Waals surface area contributed by atoms with E-state index in [0.29, 0.717) is 0 Å². The quantitative estimate of drug-likeness (QED) is 0.684. The molecule has 1 aromatic rings. The van der Waals surface area contributed by atoms with E-state index >= 15 is 0 Å². The second kappa shape index (κ2) is 7.83. The number of hydrogen-bond acceptors (Lipinski definition) is 2. The van der Waals surface area contributed by atoms with Gasteiger partial charge in [0.1, 0.15) is 0 Å². The monoisotopic (exact) mass is 428 g/mol. The van der Waals surface area contributed by atoms with Gasteiger partial charge in [0.15, 0.2) is 0 Å². The van der Waals surface area contributed by atoms with Crippen molar-refractivity contribution in [2.24, 2.45) is 0 Å². The van der Waals surface area contributed by atoms with Gasteiger partial charge >= 0.3 is 36.0 Å². The normalized spacial score (nSPS) is 13.2. The predicted octanol–water partition coefficient (Wildman–Crippen LogP) is 3.31. The lowest BCUT2D eigenvalue weighted by Gasteiger charge is -2.19. The van der Waals surface area contributed by atoms with Crippen LogP contribution in [0.25, 0.3) is 0 Å². The molecule has 14 heteroatoms. The standard InChI is InChI=1S/C14H10F10N2O2/c15-11(16,13(19,20)21)9(27)25-5-7-2-1-3-8(4-7)6-26-10(28)12(17,18)14(22,23)24/h1-4H,5-6H2,(H,25,27)(H,26,28). The molecule has 0 aliphatic heterocycles. The summed E-state index contributed by atoms with van der Waals surface area (Å²) in [6.07, 6.45) is -12.2. The molecule has 0 saturated heterocycles. The van der Waals surface area contributed by atoms with E-state index in [1.54, 1.807) is 0 Å². The molecule has 0 aliphatic rings. The number of hydrogen-bond donors (Lipinski definition) is 2. The van der Waals surface area contributed by atoms with Crippen molar-refractivity contribution in [2.75, 3.05) is 0 Å². The van der Waals surface area contributed by atoms with Gasteiger partial charge in [-0.1, -0.05) is 24.3 Å². The maximum absolute atomic E-state index is 12.8. The Morgan fingerprint density at radius 3 is 1.29 bits per heavy atom. The van der Waals surface area contributed by atoms with Crippen LogP contribution in [0.1, 0.15) is 11.1 Å². The smallest absolute Gasteiger partial charge is 0.346 e. The second-order valence-electron chi connectivity index (χ2n) is 5.33. The Morgan fingerprint density at radius 1 is 0.679 bits per heavy atom. The molecule has 0 aromatic heterocycles. The third-order valence-electron chi connectivity index (χ3n) is 3.18. The summed E-state index contributed by atoms with van der Waals surface area (Å²) in [5, 5.41) is 2.63. The van der Waals surface area contributed by atoms with Crippen LogP contribution in [0.2, 0.25) is 0 Å². The van der Waals surface area contributed by atoms with E-state index in [-0.39, 0.29) is 11.1 Å². The lowest BCUT2D eigenvalue weighted by Crippen LogP contribution is -2.50.